The van der Waals surface area contributed by atoms with Crippen LogP contribution in [0.1, 0.15) is 55.1 Å². The molecule has 1 N–H and O–H groups in total. The number of halogens is 1. The molecule has 1 saturated carbocycles. The summed E-state index contributed by atoms with van der Waals surface area (Å²) >= 11 is 11.2. The molecule has 1 aliphatic carbocycles. The Morgan fingerprint density at radius 2 is 1.77 bits per heavy atom. The van der Waals surface area contributed by atoms with Crippen LogP contribution >= 0.6 is 23.8 Å². The maximum Gasteiger partial charge on any atom is 0.270 e. The van der Waals surface area contributed by atoms with Gasteiger partial charge in [0.2, 0.25) is 0 Å². The Hall–Kier alpha value is -2.44. The largest absolute Gasteiger partial charge is 0.346 e. The van der Waals surface area contributed by atoms with E-state index in [0.717, 1.165) is 17.0 Å². The molecule has 2 aromatic rings. The zero-order valence-electron chi connectivity index (χ0n) is 17.1. The number of amides is 2. The van der Waals surface area contributed by atoms with Crippen molar-refractivity contribution in [2.75, 3.05) is 4.90 Å². The second kappa shape index (κ2) is 8.36. The Morgan fingerprint density at radius 1 is 1.10 bits per heavy atom. The SMILES string of the molecule is Cc1cc(/C=C2\C(=O)NC(=S)N(c3ccc(Cl)cc3)C2=O)c(C)n1C1CCCCC1. The molecule has 1 aromatic heterocycles. The number of benzene rings is 1. The van der Waals surface area contributed by atoms with Gasteiger partial charge in [-0.1, -0.05) is 30.9 Å². The standard InChI is InChI=1S/C23H24ClN3O2S/c1-14-12-16(15(2)26(14)18-6-4-3-5-7-18)13-20-21(28)25-23(30)27(22(20)29)19-10-8-17(24)9-11-19/h8-13,18H,3-7H2,1-2H3,(H,25,28,30)/b20-13+. The first-order valence-electron chi connectivity index (χ1n) is 10.2. The lowest BCUT2D eigenvalue weighted by molar-refractivity contribution is -0.122. The number of thiocarbonyl (C=S) groups is 1. The zero-order chi connectivity index (χ0) is 21.4. The number of aryl methyl sites for hydroxylation is 1. The fourth-order valence-electron chi connectivity index (χ4n) is 4.49. The number of rotatable bonds is 3. The summed E-state index contributed by atoms with van der Waals surface area (Å²) in [4.78, 5) is 27.2. The summed E-state index contributed by atoms with van der Waals surface area (Å²) in [6, 6.07) is 9.32. The second-order valence-corrected chi connectivity index (χ2v) is 8.75. The molecule has 0 spiro atoms. The molecule has 4 rings (SSSR count). The van der Waals surface area contributed by atoms with E-state index < -0.39 is 11.8 Å². The Bertz CT molecular complexity index is 1050. The van der Waals surface area contributed by atoms with Gasteiger partial charge in [-0.25, -0.2) is 0 Å². The van der Waals surface area contributed by atoms with E-state index in [0.29, 0.717) is 16.8 Å². The summed E-state index contributed by atoms with van der Waals surface area (Å²) in [5.74, 6) is -0.911. The van der Waals surface area contributed by atoms with E-state index in [2.05, 4.69) is 29.8 Å². The number of nitrogens with one attached hydrogen (secondary N) is 1. The zero-order valence-corrected chi connectivity index (χ0v) is 18.6. The average molecular weight is 442 g/mol. The third-order valence-electron chi connectivity index (χ3n) is 5.95. The van der Waals surface area contributed by atoms with Gasteiger partial charge in [-0.2, -0.15) is 0 Å². The van der Waals surface area contributed by atoms with Gasteiger partial charge in [0.05, 0.1) is 5.69 Å². The van der Waals surface area contributed by atoms with Crippen LogP contribution in [0.5, 0.6) is 0 Å². The number of carbonyl (C=O) groups excluding carboxylic acids is 2. The number of carbonyl (C=O) groups is 2. The lowest BCUT2D eigenvalue weighted by Gasteiger charge is -2.29. The van der Waals surface area contributed by atoms with Crippen LogP contribution in [0, 0.1) is 13.8 Å². The van der Waals surface area contributed by atoms with Gasteiger partial charge in [0, 0.05) is 22.5 Å². The van der Waals surface area contributed by atoms with E-state index in [4.69, 9.17) is 23.8 Å². The van der Waals surface area contributed by atoms with E-state index in [1.807, 2.05) is 0 Å². The summed E-state index contributed by atoms with van der Waals surface area (Å²) in [5.41, 5.74) is 3.76. The quantitative estimate of drug-likeness (QED) is 0.410. The van der Waals surface area contributed by atoms with Crippen molar-refractivity contribution in [3.63, 3.8) is 0 Å². The van der Waals surface area contributed by atoms with Gasteiger partial charge in [0.25, 0.3) is 11.8 Å². The lowest BCUT2D eigenvalue weighted by atomic mass is 9.95. The maximum atomic E-state index is 13.2. The summed E-state index contributed by atoms with van der Waals surface area (Å²) in [5, 5.41) is 3.26. The fraction of sp³-hybridized carbons (Fsp3) is 0.348. The predicted octanol–water partition coefficient (Wildman–Crippen LogP) is 5.09. The summed E-state index contributed by atoms with van der Waals surface area (Å²) in [6.07, 6.45) is 7.81. The monoisotopic (exact) mass is 441 g/mol. The first-order valence-corrected chi connectivity index (χ1v) is 11.0. The number of hydrogen-bond donors (Lipinski definition) is 1. The van der Waals surface area contributed by atoms with Gasteiger partial charge in [0.1, 0.15) is 5.57 Å². The summed E-state index contributed by atoms with van der Waals surface area (Å²) in [7, 11) is 0. The lowest BCUT2D eigenvalue weighted by Crippen LogP contribution is -2.54. The van der Waals surface area contributed by atoms with Crippen LogP contribution in [0.25, 0.3) is 6.08 Å². The average Bonchev–Trinajstić information content (AvgIpc) is 3.00. The van der Waals surface area contributed by atoms with Gasteiger partial charge in [-0.3, -0.25) is 19.8 Å². The molecule has 2 heterocycles. The molecule has 1 aromatic carbocycles. The molecule has 2 fully saturated rings. The van der Waals surface area contributed by atoms with Crippen LogP contribution in [0.3, 0.4) is 0 Å². The highest BCUT2D eigenvalue weighted by atomic mass is 35.5. The molecule has 2 aliphatic rings. The Kier molecular flexibility index (Phi) is 5.80. The number of anilines is 1. The minimum absolute atomic E-state index is 0.0668. The number of nitrogens with zero attached hydrogens (tertiary/aromatic N) is 2. The predicted molar refractivity (Wildman–Crippen MR) is 124 cm³/mol. The maximum absolute atomic E-state index is 13.2. The van der Waals surface area contributed by atoms with Crippen LogP contribution in [0.4, 0.5) is 5.69 Å². The normalized spacial score (nSPS) is 19.5. The molecule has 30 heavy (non-hydrogen) atoms. The fourth-order valence-corrected chi connectivity index (χ4v) is 4.89. The van der Waals surface area contributed by atoms with E-state index in [-0.39, 0.29) is 10.7 Å². The molecule has 0 atom stereocenters. The van der Waals surface area contributed by atoms with Gasteiger partial charge >= 0.3 is 0 Å². The highest BCUT2D eigenvalue weighted by molar-refractivity contribution is 7.80. The summed E-state index contributed by atoms with van der Waals surface area (Å²) < 4.78 is 2.36. The van der Waals surface area contributed by atoms with Crippen molar-refractivity contribution < 1.29 is 9.59 Å². The highest BCUT2D eigenvalue weighted by Crippen LogP contribution is 2.33. The van der Waals surface area contributed by atoms with E-state index in [1.165, 1.54) is 37.0 Å². The molecule has 0 bridgehead atoms. The highest BCUT2D eigenvalue weighted by Gasteiger charge is 2.34. The molecule has 2 amide bonds. The van der Waals surface area contributed by atoms with Crippen LogP contribution in [0.2, 0.25) is 5.02 Å². The van der Waals surface area contributed by atoms with E-state index in [1.54, 1.807) is 30.3 Å². The van der Waals surface area contributed by atoms with Crippen LogP contribution in [-0.2, 0) is 9.59 Å². The molecule has 1 saturated heterocycles. The van der Waals surface area contributed by atoms with Gasteiger partial charge in [-0.15, -0.1) is 0 Å². The van der Waals surface area contributed by atoms with Gasteiger partial charge < -0.3 is 4.57 Å². The van der Waals surface area contributed by atoms with Gasteiger partial charge in [-0.05, 0) is 80.9 Å². The van der Waals surface area contributed by atoms with Gasteiger partial charge in [0.15, 0.2) is 5.11 Å². The molecule has 5 nitrogen and oxygen atoms in total. The molecule has 0 radical (unpaired) electrons. The first kappa shape index (κ1) is 20.8. The topological polar surface area (TPSA) is 54.3 Å². The third-order valence-corrected chi connectivity index (χ3v) is 6.49. The molecular weight excluding hydrogens is 418 g/mol. The molecule has 7 heteroatoms. The summed E-state index contributed by atoms with van der Waals surface area (Å²) in [6.45, 7) is 4.14. The Labute approximate surface area is 186 Å². The Morgan fingerprint density at radius 3 is 2.43 bits per heavy atom. The van der Waals surface area contributed by atoms with Crippen molar-refractivity contribution in [2.45, 2.75) is 52.0 Å². The molecular formula is C23H24ClN3O2S. The van der Waals surface area contributed by atoms with Crippen LogP contribution < -0.4 is 10.2 Å². The van der Waals surface area contributed by atoms with Crippen molar-refractivity contribution in [1.29, 1.82) is 0 Å². The third kappa shape index (κ3) is 3.82. The van der Waals surface area contributed by atoms with Crippen LogP contribution in [-0.4, -0.2) is 21.5 Å². The smallest absolute Gasteiger partial charge is 0.270 e. The number of hydrogen-bond acceptors (Lipinski definition) is 3. The van der Waals surface area contributed by atoms with Crippen molar-refractivity contribution in [3.05, 3.63) is 57.9 Å². The molecule has 156 valence electrons. The van der Waals surface area contributed by atoms with Crippen LogP contribution in [0.15, 0.2) is 35.9 Å². The first-order chi connectivity index (χ1) is 14.4. The van der Waals surface area contributed by atoms with E-state index in [9.17, 15) is 9.59 Å². The minimum Gasteiger partial charge on any atom is -0.346 e. The molecule has 0 unspecified atom stereocenters. The van der Waals surface area contributed by atoms with Crippen molar-refractivity contribution in [1.82, 2.24) is 9.88 Å². The van der Waals surface area contributed by atoms with Crippen molar-refractivity contribution in [3.8, 4) is 0 Å². The van der Waals surface area contributed by atoms with Crippen molar-refractivity contribution >= 4 is 52.5 Å². The Balaban J connectivity index is 1.70. The van der Waals surface area contributed by atoms with E-state index >= 15 is 0 Å². The number of aromatic nitrogens is 1. The molecule has 1 aliphatic heterocycles. The second-order valence-electron chi connectivity index (χ2n) is 7.92. The minimum atomic E-state index is -0.474. The van der Waals surface area contributed by atoms with Crippen molar-refractivity contribution in [2.24, 2.45) is 0 Å².